The normalized spacial score (nSPS) is 17.9. The largest absolute Gasteiger partial charge is 0.507 e. The number of aromatic hydroxyl groups is 2. The number of benzene rings is 2. The minimum Gasteiger partial charge on any atom is -0.507 e. The topological polar surface area (TPSA) is 68.2 Å². The monoisotopic (exact) mass is 436 g/mol. The summed E-state index contributed by atoms with van der Waals surface area (Å²) in [7, 11) is 1.61. The molecule has 0 aromatic heterocycles. The van der Waals surface area contributed by atoms with Gasteiger partial charge in [-0.15, -0.1) is 0 Å². The van der Waals surface area contributed by atoms with Crippen molar-refractivity contribution in [3.8, 4) is 28.7 Å². The van der Waals surface area contributed by atoms with Gasteiger partial charge in [-0.25, -0.2) is 0 Å². The summed E-state index contributed by atoms with van der Waals surface area (Å²) in [6.45, 7) is 10.5. The van der Waals surface area contributed by atoms with E-state index in [9.17, 15) is 10.2 Å². The van der Waals surface area contributed by atoms with E-state index in [2.05, 4.69) is 12.2 Å². The third-order valence-electron chi connectivity index (χ3n) is 6.27. The number of aryl methyl sites for hydroxylation is 1. The van der Waals surface area contributed by atoms with Gasteiger partial charge in [0.2, 0.25) is 0 Å². The third-order valence-corrected chi connectivity index (χ3v) is 6.27. The van der Waals surface area contributed by atoms with Gasteiger partial charge in [-0.05, 0) is 59.1 Å². The Morgan fingerprint density at radius 3 is 2.34 bits per heavy atom. The van der Waals surface area contributed by atoms with Crippen LogP contribution in [-0.2, 0) is 12.8 Å². The highest BCUT2D eigenvalue weighted by Crippen LogP contribution is 2.57. The Morgan fingerprint density at radius 2 is 1.72 bits per heavy atom. The summed E-state index contributed by atoms with van der Waals surface area (Å²) in [4.78, 5) is 0. The van der Waals surface area contributed by atoms with E-state index >= 15 is 0 Å². The van der Waals surface area contributed by atoms with Crippen molar-refractivity contribution in [2.45, 2.75) is 59.5 Å². The van der Waals surface area contributed by atoms with Crippen molar-refractivity contribution in [1.82, 2.24) is 0 Å². The first-order valence-electron chi connectivity index (χ1n) is 11.1. The molecule has 0 radical (unpaired) electrons. The first-order valence-corrected chi connectivity index (χ1v) is 11.1. The number of phenols is 2. The second-order valence-electron chi connectivity index (χ2n) is 9.19. The third kappa shape index (κ3) is 3.70. The van der Waals surface area contributed by atoms with Gasteiger partial charge in [0.05, 0.1) is 25.2 Å². The zero-order valence-corrected chi connectivity index (χ0v) is 19.7. The van der Waals surface area contributed by atoms with Gasteiger partial charge in [0, 0.05) is 22.8 Å². The molecule has 4 rings (SSSR count). The molecule has 2 aromatic rings. The van der Waals surface area contributed by atoms with E-state index in [4.69, 9.17) is 14.2 Å². The lowest BCUT2D eigenvalue weighted by atomic mass is 9.85. The van der Waals surface area contributed by atoms with Crippen LogP contribution < -0.4 is 14.2 Å². The van der Waals surface area contributed by atoms with Gasteiger partial charge in [-0.2, -0.15) is 0 Å². The minimum absolute atomic E-state index is 0.0167. The molecule has 0 bridgehead atoms. The maximum Gasteiger partial charge on any atom is 0.141 e. The van der Waals surface area contributed by atoms with Gasteiger partial charge in [0.25, 0.3) is 0 Å². The first kappa shape index (κ1) is 22.1. The molecule has 0 saturated carbocycles. The molecule has 170 valence electrons. The summed E-state index contributed by atoms with van der Waals surface area (Å²) in [5.41, 5.74) is 6.58. The van der Waals surface area contributed by atoms with Gasteiger partial charge < -0.3 is 24.4 Å². The number of hydrogen-bond acceptors (Lipinski definition) is 5. The molecule has 0 amide bonds. The minimum atomic E-state index is -0.304. The van der Waals surface area contributed by atoms with E-state index < -0.39 is 0 Å². The molecule has 0 spiro atoms. The highest BCUT2D eigenvalue weighted by Gasteiger charge is 2.45. The molecular weight excluding hydrogens is 404 g/mol. The van der Waals surface area contributed by atoms with E-state index in [0.717, 1.165) is 39.1 Å². The van der Waals surface area contributed by atoms with Crippen LogP contribution in [0.4, 0.5) is 0 Å². The molecule has 0 aliphatic carbocycles. The number of hydrogen-bond donors (Lipinski definition) is 2. The molecule has 2 aliphatic rings. The van der Waals surface area contributed by atoms with Gasteiger partial charge in [0.1, 0.15) is 34.9 Å². The van der Waals surface area contributed by atoms with Crippen LogP contribution in [0.1, 0.15) is 67.5 Å². The lowest BCUT2D eigenvalue weighted by Crippen LogP contribution is -2.24. The molecule has 2 aliphatic heterocycles. The molecule has 2 atom stereocenters. The SMILES string of the molecule is COc1c(CC=C(C)C)c(O)cc2c1[C@@H]1Oc3c(cc(C)c(O)c3CC=C(C)C)[C@@H]1CO2. The predicted molar refractivity (Wildman–Crippen MR) is 125 cm³/mol. The van der Waals surface area contributed by atoms with Gasteiger partial charge in [0.15, 0.2) is 0 Å². The fourth-order valence-electron chi connectivity index (χ4n) is 4.59. The second-order valence-corrected chi connectivity index (χ2v) is 9.19. The van der Waals surface area contributed by atoms with Crippen LogP contribution in [-0.4, -0.2) is 23.9 Å². The number of fused-ring (bicyclic) bond motifs is 5. The zero-order valence-electron chi connectivity index (χ0n) is 19.7. The van der Waals surface area contributed by atoms with E-state index in [1.54, 1.807) is 13.2 Å². The number of phenolic OH excluding ortho intramolecular Hbond substituents is 2. The predicted octanol–water partition coefficient (Wildman–Crippen LogP) is 6.04. The van der Waals surface area contributed by atoms with Crippen molar-refractivity contribution in [1.29, 1.82) is 0 Å². The maximum atomic E-state index is 10.8. The smallest absolute Gasteiger partial charge is 0.141 e. The number of rotatable bonds is 5. The van der Waals surface area contributed by atoms with Crippen LogP contribution in [0.15, 0.2) is 35.4 Å². The van der Waals surface area contributed by atoms with Crippen LogP contribution in [0.2, 0.25) is 0 Å². The molecular formula is C27H32O5. The van der Waals surface area contributed by atoms with Crippen molar-refractivity contribution in [3.05, 3.63) is 63.2 Å². The Hall–Kier alpha value is -3.08. The Bertz CT molecular complexity index is 1120. The zero-order chi connectivity index (χ0) is 23.2. The van der Waals surface area contributed by atoms with Crippen molar-refractivity contribution in [3.63, 3.8) is 0 Å². The number of allylic oxidation sites excluding steroid dienone is 4. The first-order chi connectivity index (χ1) is 15.2. The summed E-state index contributed by atoms with van der Waals surface area (Å²) < 4.78 is 18.5. The Kier molecular flexibility index (Phi) is 5.85. The van der Waals surface area contributed by atoms with Crippen molar-refractivity contribution in [2.75, 3.05) is 13.7 Å². The molecule has 0 fully saturated rings. The molecule has 2 aromatic carbocycles. The fraction of sp³-hybridized carbons (Fsp3) is 0.407. The van der Waals surface area contributed by atoms with Gasteiger partial charge >= 0.3 is 0 Å². The highest BCUT2D eigenvalue weighted by molar-refractivity contribution is 5.64. The van der Waals surface area contributed by atoms with Crippen LogP contribution in [0.3, 0.4) is 0 Å². The molecule has 5 nitrogen and oxygen atoms in total. The molecule has 5 heteroatoms. The van der Waals surface area contributed by atoms with Crippen molar-refractivity contribution in [2.24, 2.45) is 0 Å². The highest BCUT2D eigenvalue weighted by atomic mass is 16.5. The van der Waals surface area contributed by atoms with E-state index in [1.807, 2.05) is 40.7 Å². The molecule has 32 heavy (non-hydrogen) atoms. The quantitative estimate of drug-likeness (QED) is 0.559. The van der Waals surface area contributed by atoms with Crippen LogP contribution in [0, 0.1) is 6.92 Å². The molecule has 2 heterocycles. The lowest BCUT2D eigenvalue weighted by Gasteiger charge is -2.30. The average Bonchev–Trinajstić information content (AvgIpc) is 3.09. The molecule has 0 unspecified atom stereocenters. The summed E-state index contributed by atoms with van der Waals surface area (Å²) in [5, 5.41) is 21.5. The fourth-order valence-corrected chi connectivity index (χ4v) is 4.59. The summed E-state index contributed by atoms with van der Waals surface area (Å²) in [6, 6.07) is 3.67. The summed E-state index contributed by atoms with van der Waals surface area (Å²) in [6.07, 6.45) is 5.01. The summed E-state index contributed by atoms with van der Waals surface area (Å²) in [5.74, 6) is 2.34. The van der Waals surface area contributed by atoms with Gasteiger partial charge in [-0.3, -0.25) is 0 Å². The maximum absolute atomic E-state index is 10.8. The molecule has 0 saturated heterocycles. The van der Waals surface area contributed by atoms with Crippen LogP contribution >= 0.6 is 0 Å². The van der Waals surface area contributed by atoms with Crippen LogP contribution in [0.25, 0.3) is 0 Å². The number of methoxy groups -OCH3 is 1. The van der Waals surface area contributed by atoms with E-state index in [1.165, 1.54) is 5.57 Å². The lowest BCUT2D eigenvalue weighted by molar-refractivity contribution is 0.134. The van der Waals surface area contributed by atoms with Crippen LogP contribution in [0.5, 0.6) is 28.7 Å². The van der Waals surface area contributed by atoms with E-state index in [-0.39, 0.29) is 23.5 Å². The Labute approximate surface area is 190 Å². The van der Waals surface area contributed by atoms with Crippen molar-refractivity contribution >= 4 is 0 Å². The Morgan fingerprint density at radius 1 is 1.06 bits per heavy atom. The second kappa shape index (κ2) is 8.45. The molecule has 2 N–H and O–H groups in total. The Balaban J connectivity index is 1.85. The average molecular weight is 437 g/mol. The van der Waals surface area contributed by atoms with Crippen molar-refractivity contribution < 1.29 is 24.4 Å². The number of ether oxygens (including phenoxy) is 3. The van der Waals surface area contributed by atoms with Gasteiger partial charge in [-0.1, -0.05) is 23.3 Å². The standard InChI is InChI=1S/C27H32O5/c1-14(2)7-9-17-21(28)12-22-23(26(17)30-6)27-20(13-31-22)19-11-16(5)24(29)18(25(19)32-27)10-8-15(3)4/h7-8,11-12,20,27-29H,9-10,13H2,1-6H3/t20-,27+/m0/s1. The van der Waals surface area contributed by atoms with E-state index in [0.29, 0.717) is 30.9 Å². The summed E-state index contributed by atoms with van der Waals surface area (Å²) >= 11 is 0.